The van der Waals surface area contributed by atoms with E-state index < -0.39 is 5.97 Å². The van der Waals surface area contributed by atoms with Crippen LogP contribution in [0.1, 0.15) is 46.0 Å². The van der Waals surface area contributed by atoms with Gasteiger partial charge in [0.05, 0.1) is 19.8 Å². The van der Waals surface area contributed by atoms with E-state index >= 15 is 0 Å². The van der Waals surface area contributed by atoms with E-state index in [0.717, 1.165) is 25.7 Å². The molecule has 2 N–H and O–H groups in total. The van der Waals surface area contributed by atoms with Crippen molar-refractivity contribution < 1.29 is 29.2 Å². The quantitative estimate of drug-likeness (QED) is 0.233. The number of hydrogen-bond donors (Lipinski definition) is 2. The van der Waals surface area contributed by atoms with E-state index in [4.69, 9.17) is 24.4 Å². The van der Waals surface area contributed by atoms with E-state index in [2.05, 4.69) is 6.92 Å². The standard InChI is InChI=1S/C15H28O6/c1-3-5-6-7-10-19-14(18)13(4-2)15(20-11-8-16)21-12-9-17/h16-17H,3-12H2,1-2H3. The van der Waals surface area contributed by atoms with E-state index in [1.165, 1.54) is 0 Å². The third-order valence-corrected chi connectivity index (χ3v) is 2.73. The maximum absolute atomic E-state index is 12.0. The summed E-state index contributed by atoms with van der Waals surface area (Å²) in [6.07, 6.45) is 4.51. The van der Waals surface area contributed by atoms with Crippen molar-refractivity contribution in [1.29, 1.82) is 0 Å². The average molecular weight is 304 g/mol. The molecule has 0 heterocycles. The normalized spacial score (nSPS) is 10.1. The second kappa shape index (κ2) is 13.7. The first-order valence-corrected chi connectivity index (χ1v) is 7.58. The number of rotatable bonds is 13. The van der Waals surface area contributed by atoms with Crippen molar-refractivity contribution in [1.82, 2.24) is 0 Å². The molecule has 124 valence electrons. The number of aliphatic hydroxyl groups excluding tert-OH is 2. The summed E-state index contributed by atoms with van der Waals surface area (Å²) in [5.41, 5.74) is 0.285. The molecule has 6 nitrogen and oxygen atoms in total. The van der Waals surface area contributed by atoms with Crippen LogP contribution in [-0.2, 0) is 19.0 Å². The number of aliphatic hydroxyl groups is 2. The molecule has 0 aromatic heterocycles. The number of hydrogen-bond acceptors (Lipinski definition) is 6. The van der Waals surface area contributed by atoms with E-state index in [9.17, 15) is 4.79 Å². The van der Waals surface area contributed by atoms with Gasteiger partial charge in [-0.1, -0.05) is 33.1 Å². The third-order valence-electron chi connectivity index (χ3n) is 2.73. The van der Waals surface area contributed by atoms with Crippen LogP contribution in [0, 0.1) is 0 Å². The lowest BCUT2D eigenvalue weighted by atomic mass is 10.2. The SMILES string of the molecule is CCCCCCOC(=O)C(CC)=C(OCCO)OCCO. The first-order valence-electron chi connectivity index (χ1n) is 7.58. The Hall–Kier alpha value is -1.27. The van der Waals surface area contributed by atoms with Crippen LogP contribution in [0.4, 0.5) is 0 Å². The lowest BCUT2D eigenvalue weighted by Gasteiger charge is -2.14. The van der Waals surface area contributed by atoms with Crippen molar-refractivity contribution in [3.05, 3.63) is 11.5 Å². The Morgan fingerprint density at radius 1 is 0.857 bits per heavy atom. The highest BCUT2D eigenvalue weighted by molar-refractivity contribution is 5.88. The second-order valence-corrected chi connectivity index (χ2v) is 4.46. The molecule has 0 bridgehead atoms. The summed E-state index contributed by atoms with van der Waals surface area (Å²) in [6.45, 7) is 3.95. The molecule has 0 fully saturated rings. The van der Waals surface area contributed by atoms with Crippen molar-refractivity contribution in [2.24, 2.45) is 0 Å². The van der Waals surface area contributed by atoms with Gasteiger partial charge < -0.3 is 24.4 Å². The number of carbonyl (C=O) groups is 1. The molecule has 0 amide bonds. The van der Waals surface area contributed by atoms with Crippen LogP contribution in [0.3, 0.4) is 0 Å². The maximum Gasteiger partial charge on any atom is 0.341 e. The molecule has 0 atom stereocenters. The Morgan fingerprint density at radius 2 is 1.48 bits per heavy atom. The zero-order valence-electron chi connectivity index (χ0n) is 13.1. The maximum atomic E-state index is 12.0. The Morgan fingerprint density at radius 3 is 1.95 bits per heavy atom. The van der Waals surface area contributed by atoms with Gasteiger partial charge in [-0.25, -0.2) is 4.79 Å². The smallest absolute Gasteiger partial charge is 0.341 e. The van der Waals surface area contributed by atoms with Crippen LogP contribution in [0.25, 0.3) is 0 Å². The zero-order chi connectivity index (χ0) is 15.9. The van der Waals surface area contributed by atoms with Gasteiger partial charge in [0.1, 0.15) is 18.8 Å². The summed E-state index contributed by atoms with van der Waals surface area (Å²) in [7, 11) is 0. The zero-order valence-corrected chi connectivity index (χ0v) is 13.1. The highest BCUT2D eigenvalue weighted by atomic mass is 16.7. The second-order valence-electron chi connectivity index (χ2n) is 4.46. The van der Waals surface area contributed by atoms with Crippen molar-refractivity contribution in [3.63, 3.8) is 0 Å². The number of esters is 1. The van der Waals surface area contributed by atoms with E-state index in [1.54, 1.807) is 6.92 Å². The fraction of sp³-hybridized carbons (Fsp3) is 0.800. The lowest BCUT2D eigenvalue weighted by molar-refractivity contribution is -0.140. The van der Waals surface area contributed by atoms with Gasteiger partial charge in [0.2, 0.25) is 0 Å². The lowest BCUT2D eigenvalue weighted by Crippen LogP contribution is -2.16. The molecule has 0 radical (unpaired) electrons. The number of carbonyl (C=O) groups excluding carboxylic acids is 1. The first kappa shape index (κ1) is 19.7. The minimum absolute atomic E-state index is 0.0219. The minimum Gasteiger partial charge on any atom is -0.463 e. The summed E-state index contributed by atoms with van der Waals surface area (Å²) >= 11 is 0. The monoisotopic (exact) mass is 304 g/mol. The molecule has 0 aromatic rings. The summed E-state index contributed by atoms with van der Waals surface area (Å²) in [6, 6.07) is 0. The molecule has 0 spiro atoms. The van der Waals surface area contributed by atoms with Gasteiger partial charge in [-0.15, -0.1) is 0 Å². The molecule has 21 heavy (non-hydrogen) atoms. The van der Waals surface area contributed by atoms with E-state index in [1.807, 2.05) is 0 Å². The van der Waals surface area contributed by atoms with Crippen molar-refractivity contribution >= 4 is 5.97 Å². The Bertz CT molecular complexity index is 291. The Balaban J connectivity index is 4.52. The fourth-order valence-electron chi connectivity index (χ4n) is 1.65. The fourth-order valence-corrected chi connectivity index (χ4v) is 1.65. The predicted octanol–water partition coefficient (Wildman–Crippen LogP) is 1.75. The summed E-state index contributed by atoms with van der Waals surface area (Å²) in [4.78, 5) is 12.0. The third kappa shape index (κ3) is 9.31. The molecule has 0 saturated heterocycles. The topological polar surface area (TPSA) is 85.2 Å². The van der Waals surface area contributed by atoms with Gasteiger partial charge >= 0.3 is 5.97 Å². The van der Waals surface area contributed by atoms with E-state index in [0.29, 0.717) is 13.0 Å². The van der Waals surface area contributed by atoms with Crippen molar-refractivity contribution in [3.8, 4) is 0 Å². The molecular formula is C15H28O6. The predicted molar refractivity (Wildman–Crippen MR) is 78.5 cm³/mol. The highest BCUT2D eigenvalue weighted by Crippen LogP contribution is 2.14. The minimum atomic E-state index is -0.472. The summed E-state index contributed by atoms with van der Waals surface area (Å²) < 4.78 is 15.6. The molecule has 0 unspecified atom stereocenters. The molecule has 0 aliphatic carbocycles. The molecule has 0 saturated carbocycles. The largest absolute Gasteiger partial charge is 0.463 e. The number of ether oxygens (including phenoxy) is 3. The highest BCUT2D eigenvalue weighted by Gasteiger charge is 2.18. The molecule has 0 rings (SSSR count). The van der Waals surface area contributed by atoms with Gasteiger partial charge in [0.15, 0.2) is 0 Å². The number of unbranched alkanes of at least 4 members (excludes halogenated alkanes) is 3. The molecule has 0 aliphatic rings. The van der Waals surface area contributed by atoms with Crippen LogP contribution in [-0.4, -0.2) is 49.2 Å². The van der Waals surface area contributed by atoms with Crippen LogP contribution < -0.4 is 0 Å². The van der Waals surface area contributed by atoms with Gasteiger partial charge in [-0.05, 0) is 12.8 Å². The van der Waals surface area contributed by atoms with Crippen LogP contribution >= 0.6 is 0 Å². The first-order chi connectivity index (χ1) is 10.2. The van der Waals surface area contributed by atoms with Crippen molar-refractivity contribution in [2.45, 2.75) is 46.0 Å². The summed E-state index contributed by atoms with van der Waals surface area (Å²) in [5.74, 6) is -0.445. The average Bonchev–Trinajstić information content (AvgIpc) is 2.49. The summed E-state index contributed by atoms with van der Waals surface area (Å²) in [5, 5.41) is 17.6. The molecular weight excluding hydrogens is 276 g/mol. The van der Waals surface area contributed by atoms with Gasteiger partial charge in [-0.2, -0.15) is 0 Å². The van der Waals surface area contributed by atoms with Gasteiger partial charge in [0, 0.05) is 0 Å². The van der Waals surface area contributed by atoms with E-state index in [-0.39, 0.29) is 37.9 Å². The van der Waals surface area contributed by atoms with Crippen molar-refractivity contribution in [2.75, 3.05) is 33.0 Å². The Kier molecular flexibility index (Phi) is 12.9. The van der Waals surface area contributed by atoms with Crippen LogP contribution in [0.2, 0.25) is 0 Å². The molecule has 0 aliphatic heterocycles. The van der Waals surface area contributed by atoms with Gasteiger partial charge in [-0.3, -0.25) is 0 Å². The molecule has 0 aromatic carbocycles. The Labute approximate surface area is 126 Å². The van der Waals surface area contributed by atoms with Gasteiger partial charge in [0.25, 0.3) is 5.95 Å². The van der Waals surface area contributed by atoms with Crippen LogP contribution in [0.5, 0.6) is 0 Å². The molecule has 6 heteroatoms. The van der Waals surface area contributed by atoms with Crippen LogP contribution in [0.15, 0.2) is 11.5 Å².